The van der Waals surface area contributed by atoms with Gasteiger partial charge in [-0.2, -0.15) is 0 Å². The summed E-state index contributed by atoms with van der Waals surface area (Å²) in [6, 6.07) is 5.20. The van der Waals surface area contributed by atoms with Crippen LogP contribution in [-0.2, 0) is 0 Å². The van der Waals surface area contributed by atoms with Gasteiger partial charge in [-0.1, -0.05) is 27.0 Å². The largest absolute Gasteiger partial charge is 0.272 e. The molecule has 0 saturated carbocycles. The molecule has 0 aliphatic heterocycles. The average Bonchev–Trinajstić information content (AvgIpc) is 1.94. The second kappa shape index (κ2) is 5.30. The number of hydrogen-bond donors (Lipinski definition) is 0. The lowest BCUT2D eigenvalue weighted by Gasteiger charge is -1.96. The minimum Gasteiger partial charge on any atom is -0.258 e. The number of rotatable bonds is 1. The number of nitro groups is 1. The summed E-state index contributed by atoms with van der Waals surface area (Å²) in [5.74, 6) is 0. The second-order valence-corrected chi connectivity index (χ2v) is 2.55. The third-order valence-electron chi connectivity index (χ3n) is 1.56. The predicted molar refractivity (Wildman–Crippen MR) is 56.0 cm³/mol. The van der Waals surface area contributed by atoms with E-state index in [4.69, 9.17) is 0 Å². The maximum atomic E-state index is 10.4. The van der Waals surface area contributed by atoms with Crippen LogP contribution < -0.4 is 0 Å². The van der Waals surface area contributed by atoms with E-state index in [0.29, 0.717) is 5.56 Å². The summed E-state index contributed by atoms with van der Waals surface area (Å²) < 4.78 is 0. The molecule has 0 fully saturated rings. The maximum absolute atomic E-state index is 10.4. The summed E-state index contributed by atoms with van der Waals surface area (Å²) in [6.45, 7) is 3.57. The highest BCUT2D eigenvalue weighted by Gasteiger charge is 2.08. The van der Waals surface area contributed by atoms with Gasteiger partial charge in [-0.3, -0.25) is 10.1 Å². The summed E-state index contributed by atoms with van der Waals surface area (Å²) in [6.07, 6.45) is 0. The zero-order chi connectivity index (χ0) is 8.43. The van der Waals surface area contributed by atoms with Crippen LogP contribution in [0, 0.1) is 24.0 Å². The predicted octanol–water partition coefficient (Wildman–Crippen LogP) is 3.48. The zero-order valence-corrected chi connectivity index (χ0v) is 6.50. The van der Waals surface area contributed by atoms with Crippen molar-refractivity contribution in [3.8, 4) is 0 Å². The lowest BCUT2D eigenvalue weighted by molar-refractivity contribution is -0.385. The van der Waals surface area contributed by atoms with Crippen molar-refractivity contribution in [3.63, 3.8) is 0 Å². The lowest BCUT2D eigenvalue weighted by atomic mass is 10.1. The molecule has 0 N–H and O–H groups in total. The number of benzene rings is 1. The SMILES string of the molecule is C.C.Cc1ccc(C)c([N+](=O)[O-])c1. The third kappa shape index (κ3) is 3.23. The zero-order valence-electron chi connectivity index (χ0n) is 6.50. The van der Waals surface area contributed by atoms with E-state index in [-0.39, 0.29) is 25.5 Å². The molecule has 0 radical (unpaired) electrons. The summed E-state index contributed by atoms with van der Waals surface area (Å²) in [7, 11) is 0. The van der Waals surface area contributed by atoms with Crippen LogP contribution in [-0.4, -0.2) is 4.92 Å². The van der Waals surface area contributed by atoms with Crippen molar-refractivity contribution in [2.75, 3.05) is 0 Å². The van der Waals surface area contributed by atoms with Crippen LogP contribution in [0.25, 0.3) is 0 Å². The van der Waals surface area contributed by atoms with Gasteiger partial charge in [0.15, 0.2) is 0 Å². The Morgan fingerprint density at radius 1 is 1.23 bits per heavy atom. The number of nitro benzene ring substituents is 1. The third-order valence-corrected chi connectivity index (χ3v) is 1.56. The van der Waals surface area contributed by atoms with Crippen molar-refractivity contribution >= 4 is 5.69 Å². The van der Waals surface area contributed by atoms with Crippen molar-refractivity contribution in [3.05, 3.63) is 39.4 Å². The van der Waals surface area contributed by atoms with Crippen molar-refractivity contribution in [2.24, 2.45) is 0 Å². The normalized spacial score (nSPS) is 8.15. The minimum atomic E-state index is -0.359. The van der Waals surface area contributed by atoms with Crippen molar-refractivity contribution in [1.29, 1.82) is 0 Å². The molecule has 0 bridgehead atoms. The fraction of sp³-hybridized carbons (Fsp3) is 0.400. The van der Waals surface area contributed by atoms with Gasteiger partial charge in [-0.25, -0.2) is 0 Å². The standard InChI is InChI=1S/C8H9NO2.2CH4/c1-6-3-4-7(2)8(5-6)9(10)11;;/h3-5H,1-2H3;2*1H4. The first-order valence-electron chi connectivity index (χ1n) is 3.33. The van der Waals surface area contributed by atoms with E-state index in [1.165, 1.54) is 0 Å². The van der Waals surface area contributed by atoms with Crippen LogP contribution in [0.1, 0.15) is 26.0 Å². The summed E-state index contributed by atoms with van der Waals surface area (Å²) in [5.41, 5.74) is 1.83. The van der Waals surface area contributed by atoms with E-state index in [1.54, 1.807) is 19.1 Å². The molecule has 74 valence electrons. The van der Waals surface area contributed by atoms with Gasteiger partial charge in [0.25, 0.3) is 5.69 Å². The monoisotopic (exact) mass is 183 g/mol. The van der Waals surface area contributed by atoms with Crippen LogP contribution >= 0.6 is 0 Å². The van der Waals surface area contributed by atoms with Gasteiger partial charge in [0.1, 0.15) is 0 Å². The number of aryl methyl sites for hydroxylation is 2. The molecule has 13 heavy (non-hydrogen) atoms. The Balaban J connectivity index is 0. The molecule has 0 spiro atoms. The first kappa shape index (κ1) is 14.2. The molecule has 3 heteroatoms. The fourth-order valence-corrected chi connectivity index (χ4v) is 0.916. The van der Waals surface area contributed by atoms with Crippen molar-refractivity contribution < 1.29 is 4.92 Å². The minimum absolute atomic E-state index is 0. The van der Waals surface area contributed by atoms with E-state index < -0.39 is 0 Å². The van der Waals surface area contributed by atoms with Gasteiger partial charge in [0.05, 0.1) is 4.92 Å². The molecule has 0 aromatic heterocycles. The Morgan fingerprint density at radius 2 is 1.77 bits per heavy atom. The highest BCUT2D eigenvalue weighted by molar-refractivity contribution is 5.41. The van der Waals surface area contributed by atoms with Gasteiger partial charge in [-0.15, -0.1) is 0 Å². The molecular formula is C10H17NO2. The lowest BCUT2D eigenvalue weighted by Crippen LogP contribution is -1.91. The molecule has 0 heterocycles. The smallest absolute Gasteiger partial charge is 0.258 e. The number of nitrogens with zero attached hydrogens (tertiary/aromatic N) is 1. The van der Waals surface area contributed by atoms with E-state index in [1.807, 2.05) is 13.0 Å². The van der Waals surface area contributed by atoms with Gasteiger partial charge in [0.2, 0.25) is 0 Å². The molecule has 1 aromatic rings. The highest BCUT2D eigenvalue weighted by atomic mass is 16.6. The van der Waals surface area contributed by atoms with Gasteiger partial charge in [-0.05, 0) is 19.4 Å². The van der Waals surface area contributed by atoms with Crippen LogP contribution in [0.15, 0.2) is 18.2 Å². The molecule has 0 aliphatic carbocycles. The average molecular weight is 183 g/mol. The Labute approximate surface area is 79.6 Å². The fourth-order valence-electron chi connectivity index (χ4n) is 0.916. The van der Waals surface area contributed by atoms with Gasteiger partial charge >= 0.3 is 0 Å². The maximum Gasteiger partial charge on any atom is 0.272 e. The number of hydrogen-bond acceptors (Lipinski definition) is 2. The first-order chi connectivity index (χ1) is 5.11. The second-order valence-electron chi connectivity index (χ2n) is 2.55. The van der Waals surface area contributed by atoms with Crippen LogP contribution in [0.3, 0.4) is 0 Å². The Bertz CT molecular complexity index is 295. The first-order valence-corrected chi connectivity index (χ1v) is 3.33. The van der Waals surface area contributed by atoms with E-state index in [0.717, 1.165) is 5.56 Å². The highest BCUT2D eigenvalue weighted by Crippen LogP contribution is 2.18. The molecular weight excluding hydrogens is 166 g/mol. The Morgan fingerprint density at radius 3 is 2.15 bits per heavy atom. The van der Waals surface area contributed by atoms with Crippen LogP contribution in [0.4, 0.5) is 5.69 Å². The Hall–Kier alpha value is -1.38. The quantitative estimate of drug-likeness (QED) is 0.494. The van der Waals surface area contributed by atoms with E-state index >= 15 is 0 Å². The van der Waals surface area contributed by atoms with Crippen LogP contribution in [0.2, 0.25) is 0 Å². The van der Waals surface area contributed by atoms with Gasteiger partial charge < -0.3 is 0 Å². The molecule has 1 aromatic carbocycles. The Kier molecular flexibility index (Phi) is 5.77. The molecule has 0 atom stereocenters. The summed E-state index contributed by atoms with van der Waals surface area (Å²) in [4.78, 5) is 10.0. The van der Waals surface area contributed by atoms with E-state index in [2.05, 4.69) is 0 Å². The molecule has 3 nitrogen and oxygen atoms in total. The molecule has 0 saturated heterocycles. The molecule has 0 aliphatic rings. The molecule has 0 unspecified atom stereocenters. The van der Waals surface area contributed by atoms with Crippen LogP contribution in [0.5, 0.6) is 0 Å². The molecule has 1 rings (SSSR count). The topological polar surface area (TPSA) is 43.1 Å². The molecule has 0 amide bonds. The summed E-state index contributed by atoms with van der Waals surface area (Å²) in [5, 5.41) is 10.4. The van der Waals surface area contributed by atoms with Gasteiger partial charge in [0, 0.05) is 11.6 Å². The van der Waals surface area contributed by atoms with E-state index in [9.17, 15) is 10.1 Å². The van der Waals surface area contributed by atoms with Crippen molar-refractivity contribution in [1.82, 2.24) is 0 Å². The van der Waals surface area contributed by atoms with Crippen molar-refractivity contribution in [2.45, 2.75) is 28.7 Å². The summed E-state index contributed by atoms with van der Waals surface area (Å²) >= 11 is 0.